The number of carbonyl (C=O) groups is 1. The Kier molecular flexibility index (Phi) is 8.34. The number of anilines is 1. The number of nitrogens with one attached hydrogen (secondary N) is 2. The van der Waals surface area contributed by atoms with Gasteiger partial charge >= 0.3 is 0 Å². The van der Waals surface area contributed by atoms with Gasteiger partial charge in [0.15, 0.2) is 5.03 Å². The van der Waals surface area contributed by atoms with E-state index >= 15 is 0 Å². The number of pyridine rings is 1. The lowest BCUT2D eigenvalue weighted by atomic mass is 9.90. The predicted octanol–water partition coefficient (Wildman–Crippen LogP) is 5.15. The zero-order chi connectivity index (χ0) is 29.0. The Balaban J connectivity index is 1.52. The fraction of sp³-hybridized carbons (Fsp3) is 0.300. The molecule has 2 aromatic heterocycles. The average Bonchev–Trinajstić information content (AvgIpc) is 3.52. The molecule has 1 atom stereocenters. The van der Waals surface area contributed by atoms with E-state index in [-0.39, 0.29) is 22.4 Å². The van der Waals surface area contributed by atoms with Crippen molar-refractivity contribution in [3.8, 4) is 17.0 Å². The van der Waals surface area contributed by atoms with Crippen molar-refractivity contribution in [2.75, 3.05) is 24.6 Å². The number of H-pyrrole nitrogens is 1. The molecule has 11 heteroatoms. The highest BCUT2D eigenvalue weighted by Gasteiger charge is 2.28. The van der Waals surface area contributed by atoms with Crippen molar-refractivity contribution in [1.29, 1.82) is 0 Å². The number of amides is 1. The number of hydrogen-bond acceptors (Lipinski definition) is 7. The molecular formula is C30H32FN5O4S. The maximum atomic E-state index is 14.6. The summed E-state index contributed by atoms with van der Waals surface area (Å²) >= 11 is 0. The van der Waals surface area contributed by atoms with Crippen molar-refractivity contribution in [2.45, 2.75) is 37.6 Å². The van der Waals surface area contributed by atoms with Crippen LogP contribution in [-0.4, -0.2) is 49.2 Å². The first-order chi connectivity index (χ1) is 19.7. The summed E-state index contributed by atoms with van der Waals surface area (Å²) in [5, 5.41) is 5.80. The topological polar surface area (TPSA) is 117 Å². The van der Waals surface area contributed by atoms with Crippen molar-refractivity contribution in [1.82, 2.24) is 19.9 Å². The summed E-state index contributed by atoms with van der Waals surface area (Å²) < 4.78 is 48.0. The van der Waals surface area contributed by atoms with Gasteiger partial charge in [0.2, 0.25) is 0 Å². The van der Waals surface area contributed by atoms with Crippen LogP contribution in [0.25, 0.3) is 11.3 Å². The summed E-state index contributed by atoms with van der Waals surface area (Å²) in [7, 11) is -4.18. The molecule has 0 spiro atoms. The van der Waals surface area contributed by atoms with Gasteiger partial charge in [0.25, 0.3) is 15.9 Å². The number of carbonyl (C=O) groups excluding carboxylic acids is 1. The quantitative estimate of drug-likeness (QED) is 0.283. The number of nitrogens with zero attached hydrogens (tertiary/aromatic N) is 3. The molecule has 0 saturated carbocycles. The van der Waals surface area contributed by atoms with Crippen molar-refractivity contribution in [3.05, 3.63) is 89.9 Å². The molecule has 3 heterocycles. The van der Waals surface area contributed by atoms with Gasteiger partial charge < -0.3 is 9.64 Å². The third-order valence-corrected chi connectivity index (χ3v) is 8.11. The fourth-order valence-electron chi connectivity index (χ4n) is 4.88. The van der Waals surface area contributed by atoms with Crippen LogP contribution in [0.1, 0.15) is 48.5 Å². The highest BCUT2D eigenvalue weighted by Crippen LogP contribution is 2.33. The number of halogens is 1. The number of sulfonamides is 1. The van der Waals surface area contributed by atoms with Gasteiger partial charge in [-0.25, -0.2) is 14.1 Å². The monoisotopic (exact) mass is 577 g/mol. The average molecular weight is 578 g/mol. The molecular weight excluding hydrogens is 545 g/mol. The summed E-state index contributed by atoms with van der Waals surface area (Å²) in [6, 6.07) is 18.9. The van der Waals surface area contributed by atoms with E-state index in [1.54, 1.807) is 12.1 Å². The number of rotatable bonds is 9. The zero-order valence-electron chi connectivity index (χ0n) is 22.9. The Labute approximate surface area is 238 Å². The van der Waals surface area contributed by atoms with Crippen LogP contribution in [0.3, 0.4) is 0 Å². The number of ether oxygens (including phenoxy) is 1. The first-order valence-electron chi connectivity index (χ1n) is 13.5. The van der Waals surface area contributed by atoms with Crippen LogP contribution in [0.2, 0.25) is 0 Å². The molecule has 1 aliphatic heterocycles. The van der Waals surface area contributed by atoms with Gasteiger partial charge in [0, 0.05) is 30.6 Å². The molecule has 0 bridgehead atoms. The third kappa shape index (κ3) is 6.74. The maximum Gasteiger partial charge on any atom is 0.281 e. The molecule has 0 radical (unpaired) electrons. The van der Waals surface area contributed by atoms with Crippen LogP contribution in [0.15, 0.2) is 78.0 Å². The summed E-state index contributed by atoms with van der Waals surface area (Å²) in [4.78, 5) is 20.2. The molecule has 214 valence electrons. The van der Waals surface area contributed by atoms with E-state index in [1.165, 1.54) is 36.0 Å². The second kappa shape index (κ2) is 12.1. The minimum absolute atomic E-state index is 0.0956. The molecule has 2 N–H and O–H groups in total. The molecule has 0 aliphatic carbocycles. The Morgan fingerprint density at radius 2 is 1.95 bits per heavy atom. The normalized spacial score (nSPS) is 15.6. The Morgan fingerprint density at radius 3 is 2.68 bits per heavy atom. The lowest BCUT2D eigenvalue weighted by Crippen LogP contribution is -2.38. The number of aromatic amines is 1. The predicted molar refractivity (Wildman–Crippen MR) is 154 cm³/mol. The summed E-state index contributed by atoms with van der Waals surface area (Å²) in [6.45, 7) is 5.65. The summed E-state index contributed by atoms with van der Waals surface area (Å²) in [5.41, 5.74) is 2.19. The minimum atomic E-state index is -4.18. The van der Waals surface area contributed by atoms with Gasteiger partial charge in [-0.3, -0.25) is 9.89 Å². The Hall–Kier alpha value is -4.25. The fourth-order valence-corrected chi connectivity index (χ4v) is 5.75. The highest BCUT2D eigenvalue weighted by molar-refractivity contribution is 7.90. The number of hydrogen-bond donors (Lipinski definition) is 2. The maximum absolute atomic E-state index is 14.6. The van der Waals surface area contributed by atoms with Gasteiger partial charge in [0.05, 0.1) is 24.1 Å². The van der Waals surface area contributed by atoms with Crippen molar-refractivity contribution < 1.29 is 22.3 Å². The van der Waals surface area contributed by atoms with Crippen LogP contribution in [0, 0.1) is 11.7 Å². The van der Waals surface area contributed by atoms with Crippen LogP contribution in [-0.2, 0) is 10.0 Å². The van der Waals surface area contributed by atoms with E-state index in [4.69, 9.17) is 9.72 Å². The molecule has 2 aromatic carbocycles. The van der Waals surface area contributed by atoms with Crippen molar-refractivity contribution in [2.24, 2.45) is 5.92 Å². The number of aromatic nitrogens is 3. The van der Waals surface area contributed by atoms with E-state index in [1.807, 2.05) is 36.9 Å². The number of piperidine rings is 1. The Morgan fingerprint density at radius 1 is 1.15 bits per heavy atom. The van der Waals surface area contributed by atoms with Gasteiger partial charge in [-0.05, 0) is 54.7 Å². The Bertz CT molecular complexity index is 1610. The largest absolute Gasteiger partial charge is 0.493 e. The lowest BCUT2D eigenvalue weighted by Gasteiger charge is -2.35. The molecule has 5 rings (SSSR count). The third-order valence-electron chi connectivity index (χ3n) is 6.85. The van der Waals surface area contributed by atoms with Crippen LogP contribution < -0.4 is 14.4 Å². The smallest absolute Gasteiger partial charge is 0.281 e. The molecule has 1 aliphatic rings. The van der Waals surface area contributed by atoms with Gasteiger partial charge in [-0.1, -0.05) is 44.2 Å². The molecule has 41 heavy (non-hydrogen) atoms. The summed E-state index contributed by atoms with van der Waals surface area (Å²) in [5.74, 6) is -0.125. The molecule has 1 saturated heterocycles. The lowest BCUT2D eigenvalue weighted by molar-refractivity contribution is 0.0981. The second-order valence-corrected chi connectivity index (χ2v) is 12.2. The SMILES string of the molecule is CC(C)COc1cc(F)cc(-c2ccc(C(=O)NS(=O)(=O)c3ccn[nH]3)c(N3CCC[C@@H](c4ccccc4)C3)n2)c1. The number of benzene rings is 2. The van der Waals surface area contributed by atoms with E-state index in [9.17, 15) is 17.6 Å². The van der Waals surface area contributed by atoms with Crippen molar-refractivity contribution >= 4 is 21.7 Å². The second-order valence-electron chi connectivity index (χ2n) is 10.5. The molecule has 1 amide bonds. The van der Waals surface area contributed by atoms with Crippen LogP contribution in [0.5, 0.6) is 5.75 Å². The van der Waals surface area contributed by atoms with E-state index in [0.29, 0.717) is 42.5 Å². The van der Waals surface area contributed by atoms with Gasteiger partial charge in [-0.15, -0.1) is 0 Å². The molecule has 9 nitrogen and oxygen atoms in total. The first kappa shape index (κ1) is 28.3. The van der Waals surface area contributed by atoms with Crippen LogP contribution in [0.4, 0.5) is 10.2 Å². The zero-order valence-corrected chi connectivity index (χ0v) is 23.7. The molecule has 1 fully saturated rings. The van der Waals surface area contributed by atoms with Gasteiger partial charge in [0.1, 0.15) is 17.4 Å². The first-order valence-corrected chi connectivity index (χ1v) is 15.0. The molecule has 4 aromatic rings. The molecule has 0 unspecified atom stereocenters. The van der Waals surface area contributed by atoms with Crippen LogP contribution >= 0.6 is 0 Å². The van der Waals surface area contributed by atoms with E-state index < -0.39 is 21.7 Å². The van der Waals surface area contributed by atoms with Crippen molar-refractivity contribution in [3.63, 3.8) is 0 Å². The van der Waals surface area contributed by atoms with E-state index in [0.717, 1.165) is 12.8 Å². The minimum Gasteiger partial charge on any atom is -0.493 e. The highest BCUT2D eigenvalue weighted by atomic mass is 32.2. The summed E-state index contributed by atoms with van der Waals surface area (Å²) in [6.07, 6.45) is 3.11. The standard InChI is InChI=1S/C30H32FN5O4S/c1-20(2)19-40-25-16-23(15-24(31)17-25)27-11-10-26(30(37)35-41(38,39)28-12-13-32-34-28)29(33-27)36-14-6-9-22(18-36)21-7-4-3-5-8-21/h3-5,7-8,10-13,15-17,20,22H,6,9,14,18-19H2,1-2H3,(H,32,34)(H,35,37)/t22-/m1/s1. The van der Waals surface area contributed by atoms with Gasteiger partial charge in [-0.2, -0.15) is 13.5 Å². The van der Waals surface area contributed by atoms with E-state index in [2.05, 4.69) is 27.1 Å².